The number of hydrogen-bond acceptors (Lipinski definition) is 3. The first kappa shape index (κ1) is 12.9. The summed E-state index contributed by atoms with van der Waals surface area (Å²) < 4.78 is 0. The highest BCUT2D eigenvalue weighted by Crippen LogP contribution is 2.27. The van der Waals surface area contributed by atoms with Crippen molar-refractivity contribution in [2.24, 2.45) is 5.92 Å². The Morgan fingerprint density at radius 3 is 2.62 bits per heavy atom. The van der Waals surface area contributed by atoms with Gasteiger partial charge >= 0.3 is 0 Å². The van der Waals surface area contributed by atoms with Crippen molar-refractivity contribution in [1.29, 1.82) is 0 Å². The third kappa shape index (κ3) is 2.71. The molecule has 1 aromatic heterocycles. The van der Waals surface area contributed by atoms with E-state index in [1.807, 2.05) is 20.8 Å². The number of rotatable bonds is 1. The molecule has 0 amide bonds. The SMILES string of the molecule is CC.CCC1CCc2c(C)nc(N)nc2C1. The first-order valence-corrected chi connectivity index (χ1v) is 6.32. The zero-order valence-corrected chi connectivity index (χ0v) is 10.9. The van der Waals surface area contributed by atoms with Crippen molar-refractivity contribution in [2.75, 3.05) is 5.73 Å². The van der Waals surface area contributed by atoms with Crippen LogP contribution in [0.4, 0.5) is 5.95 Å². The van der Waals surface area contributed by atoms with Crippen molar-refractivity contribution in [3.63, 3.8) is 0 Å². The largest absolute Gasteiger partial charge is 0.368 e. The molecule has 0 aliphatic heterocycles. The highest BCUT2D eigenvalue weighted by molar-refractivity contribution is 5.33. The van der Waals surface area contributed by atoms with Crippen LogP contribution in [0.2, 0.25) is 0 Å². The summed E-state index contributed by atoms with van der Waals surface area (Å²) in [6.45, 7) is 8.27. The number of anilines is 1. The molecule has 1 unspecified atom stereocenters. The van der Waals surface area contributed by atoms with Gasteiger partial charge in [-0.25, -0.2) is 9.97 Å². The van der Waals surface area contributed by atoms with E-state index >= 15 is 0 Å². The summed E-state index contributed by atoms with van der Waals surface area (Å²) in [5, 5.41) is 0. The Hall–Kier alpha value is -1.12. The van der Waals surface area contributed by atoms with Gasteiger partial charge in [0.25, 0.3) is 0 Å². The van der Waals surface area contributed by atoms with Gasteiger partial charge < -0.3 is 5.73 Å². The number of aromatic nitrogens is 2. The minimum atomic E-state index is 0.429. The summed E-state index contributed by atoms with van der Waals surface area (Å²) in [6, 6.07) is 0. The molecule has 0 bridgehead atoms. The van der Waals surface area contributed by atoms with E-state index in [0.29, 0.717) is 5.95 Å². The van der Waals surface area contributed by atoms with Crippen LogP contribution >= 0.6 is 0 Å². The van der Waals surface area contributed by atoms with E-state index < -0.39 is 0 Å². The van der Waals surface area contributed by atoms with Crippen molar-refractivity contribution in [3.05, 3.63) is 17.0 Å². The van der Waals surface area contributed by atoms with Crippen LogP contribution in [0.15, 0.2) is 0 Å². The predicted octanol–water partition coefficient (Wildman–Crippen LogP) is 2.91. The van der Waals surface area contributed by atoms with Crippen LogP contribution in [0.25, 0.3) is 0 Å². The van der Waals surface area contributed by atoms with Crippen LogP contribution in [0.3, 0.4) is 0 Å². The second-order valence-corrected chi connectivity index (χ2v) is 4.11. The highest BCUT2D eigenvalue weighted by atomic mass is 15.0. The van der Waals surface area contributed by atoms with Gasteiger partial charge in [-0.15, -0.1) is 0 Å². The number of aryl methyl sites for hydroxylation is 1. The fourth-order valence-electron chi connectivity index (χ4n) is 2.25. The normalized spacial score (nSPS) is 18.4. The molecule has 0 spiro atoms. The summed E-state index contributed by atoms with van der Waals surface area (Å²) in [6.07, 6.45) is 4.72. The Morgan fingerprint density at radius 1 is 1.31 bits per heavy atom. The second kappa shape index (κ2) is 5.83. The molecule has 1 heterocycles. The number of hydrogen-bond donors (Lipinski definition) is 1. The number of nitrogens with two attached hydrogens (primary N) is 1. The first-order valence-electron chi connectivity index (χ1n) is 6.32. The third-order valence-corrected chi connectivity index (χ3v) is 3.18. The minimum Gasteiger partial charge on any atom is -0.368 e. The third-order valence-electron chi connectivity index (χ3n) is 3.18. The Balaban J connectivity index is 0.000000606. The van der Waals surface area contributed by atoms with Gasteiger partial charge in [-0.1, -0.05) is 27.2 Å². The van der Waals surface area contributed by atoms with Gasteiger partial charge in [-0.2, -0.15) is 0 Å². The maximum absolute atomic E-state index is 5.65. The lowest BCUT2D eigenvalue weighted by atomic mass is 9.85. The molecule has 0 aromatic carbocycles. The smallest absolute Gasteiger partial charge is 0.220 e. The lowest BCUT2D eigenvalue weighted by molar-refractivity contribution is 0.436. The number of nitrogens with zero attached hydrogens (tertiary/aromatic N) is 2. The van der Waals surface area contributed by atoms with Gasteiger partial charge in [0.05, 0.1) is 0 Å². The molecule has 90 valence electrons. The lowest BCUT2D eigenvalue weighted by Crippen LogP contribution is -2.18. The van der Waals surface area contributed by atoms with E-state index in [-0.39, 0.29) is 0 Å². The van der Waals surface area contributed by atoms with Gasteiger partial charge in [-0.05, 0) is 37.7 Å². The second-order valence-electron chi connectivity index (χ2n) is 4.11. The van der Waals surface area contributed by atoms with E-state index in [9.17, 15) is 0 Å². The van der Waals surface area contributed by atoms with Crippen LogP contribution in [0.5, 0.6) is 0 Å². The molecule has 0 saturated carbocycles. The number of nitrogen functional groups attached to an aromatic ring is 1. The van der Waals surface area contributed by atoms with Gasteiger partial charge in [0.15, 0.2) is 0 Å². The summed E-state index contributed by atoms with van der Waals surface area (Å²) in [4.78, 5) is 8.54. The van der Waals surface area contributed by atoms with Crippen molar-refractivity contribution < 1.29 is 0 Å². The molecule has 1 aliphatic rings. The average Bonchev–Trinajstić information content (AvgIpc) is 2.30. The van der Waals surface area contributed by atoms with Crippen LogP contribution in [-0.2, 0) is 12.8 Å². The van der Waals surface area contributed by atoms with E-state index in [4.69, 9.17) is 5.73 Å². The molecular weight excluding hydrogens is 198 g/mol. The molecule has 1 aliphatic carbocycles. The number of fused-ring (bicyclic) bond motifs is 1. The van der Waals surface area contributed by atoms with Crippen LogP contribution in [0.1, 0.15) is 50.6 Å². The average molecular weight is 221 g/mol. The summed E-state index contributed by atoms with van der Waals surface area (Å²) >= 11 is 0. The fraction of sp³-hybridized carbons (Fsp3) is 0.692. The molecule has 0 fully saturated rings. The fourth-order valence-corrected chi connectivity index (χ4v) is 2.25. The van der Waals surface area contributed by atoms with Crippen molar-refractivity contribution in [3.8, 4) is 0 Å². The topological polar surface area (TPSA) is 51.8 Å². The molecule has 2 N–H and O–H groups in total. The van der Waals surface area contributed by atoms with Gasteiger partial charge in [-0.3, -0.25) is 0 Å². The molecular formula is C13H23N3. The molecule has 1 atom stereocenters. The monoisotopic (exact) mass is 221 g/mol. The summed E-state index contributed by atoms with van der Waals surface area (Å²) in [5.41, 5.74) is 9.24. The highest BCUT2D eigenvalue weighted by Gasteiger charge is 2.20. The molecule has 16 heavy (non-hydrogen) atoms. The maximum atomic E-state index is 5.65. The van der Waals surface area contributed by atoms with Gasteiger partial charge in [0, 0.05) is 11.4 Å². The van der Waals surface area contributed by atoms with E-state index in [2.05, 4.69) is 16.9 Å². The maximum Gasteiger partial charge on any atom is 0.220 e. The molecule has 3 nitrogen and oxygen atoms in total. The summed E-state index contributed by atoms with van der Waals surface area (Å²) in [7, 11) is 0. The van der Waals surface area contributed by atoms with Crippen molar-refractivity contribution >= 4 is 5.95 Å². The van der Waals surface area contributed by atoms with E-state index in [0.717, 1.165) is 24.5 Å². The molecule has 3 heteroatoms. The van der Waals surface area contributed by atoms with E-state index in [1.165, 1.54) is 24.1 Å². The van der Waals surface area contributed by atoms with Crippen molar-refractivity contribution in [2.45, 2.75) is 53.4 Å². The van der Waals surface area contributed by atoms with Crippen LogP contribution in [0, 0.1) is 12.8 Å². The Kier molecular flexibility index (Phi) is 4.71. The quantitative estimate of drug-likeness (QED) is 0.793. The minimum absolute atomic E-state index is 0.429. The summed E-state index contributed by atoms with van der Waals surface area (Å²) in [5.74, 6) is 1.22. The van der Waals surface area contributed by atoms with Crippen molar-refractivity contribution in [1.82, 2.24) is 9.97 Å². The molecule has 2 rings (SSSR count). The Labute approximate surface area is 98.5 Å². The van der Waals surface area contributed by atoms with Gasteiger partial charge in [0.2, 0.25) is 5.95 Å². The molecule has 0 radical (unpaired) electrons. The molecule has 1 aromatic rings. The first-order chi connectivity index (χ1) is 7.70. The lowest BCUT2D eigenvalue weighted by Gasteiger charge is -2.23. The zero-order valence-electron chi connectivity index (χ0n) is 10.9. The standard InChI is InChI=1S/C11H17N3.C2H6/c1-3-8-4-5-9-7(2)13-11(12)14-10(9)6-8;1-2/h8H,3-6H2,1-2H3,(H2,12,13,14);1-2H3. The van der Waals surface area contributed by atoms with Gasteiger partial charge in [0.1, 0.15) is 0 Å². The zero-order chi connectivity index (χ0) is 12.1. The Bertz CT molecular complexity index is 347. The van der Waals surface area contributed by atoms with Crippen LogP contribution < -0.4 is 5.73 Å². The Morgan fingerprint density at radius 2 is 2.00 bits per heavy atom. The van der Waals surface area contributed by atoms with E-state index in [1.54, 1.807) is 0 Å². The molecule has 0 saturated heterocycles. The van der Waals surface area contributed by atoms with Crippen LogP contribution in [-0.4, -0.2) is 9.97 Å². The predicted molar refractivity (Wildman–Crippen MR) is 68.3 cm³/mol.